The molecule has 0 aromatic heterocycles. The van der Waals surface area contributed by atoms with Crippen LogP contribution in [-0.2, 0) is 11.2 Å². The minimum Gasteiger partial charge on any atom is -0.396 e. The summed E-state index contributed by atoms with van der Waals surface area (Å²) in [5.41, 5.74) is 11.0. The van der Waals surface area contributed by atoms with Crippen molar-refractivity contribution in [3.05, 3.63) is 101 Å². The number of nitrogens with zero attached hydrogens (tertiary/aromatic N) is 1. The van der Waals surface area contributed by atoms with Crippen molar-refractivity contribution in [1.29, 1.82) is 0 Å². The largest absolute Gasteiger partial charge is 0.396 e. The third-order valence-corrected chi connectivity index (χ3v) is 5.41. The summed E-state index contributed by atoms with van der Waals surface area (Å²) in [6.45, 7) is 6.98. The van der Waals surface area contributed by atoms with E-state index in [4.69, 9.17) is 5.11 Å². The molecule has 36 heavy (non-hydrogen) atoms. The van der Waals surface area contributed by atoms with Crippen molar-refractivity contribution >= 4 is 23.6 Å². The SMILES string of the molecule is C=C/C(=C\C=C(/C)CCO)c1cccc(CC(=O)NCCCN=C(NNC)c2ccccc2C=O)c1. The summed E-state index contributed by atoms with van der Waals surface area (Å²) in [5, 5.41) is 12.0. The maximum atomic E-state index is 12.5. The quantitative estimate of drug-likeness (QED) is 0.0812. The van der Waals surface area contributed by atoms with Crippen molar-refractivity contribution in [2.45, 2.75) is 26.2 Å². The van der Waals surface area contributed by atoms with Crippen LogP contribution in [0.3, 0.4) is 0 Å². The zero-order valence-electron chi connectivity index (χ0n) is 21.1. The normalized spacial score (nSPS) is 12.2. The smallest absolute Gasteiger partial charge is 0.224 e. The van der Waals surface area contributed by atoms with Crippen molar-refractivity contribution in [3.63, 3.8) is 0 Å². The van der Waals surface area contributed by atoms with E-state index in [0.717, 1.165) is 34.1 Å². The van der Waals surface area contributed by atoms with Crippen molar-refractivity contribution in [2.24, 2.45) is 4.99 Å². The minimum absolute atomic E-state index is 0.0566. The maximum Gasteiger partial charge on any atom is 0.224 e. The maximum absolute atomic E-state index is 12.5. The van der Waals surface area contributed by atoms with Gasteiger partial charge in [-0.15, -0.1) is 0 Å². The van der Waals surface area contributed by atoms with E-state index >= 15 is 0 Å². The van der Waals surface area contributed by atoms with Gasteiger partial charge in [0, 0.05) is 37.9 Å². The number of nitrogens with one attached hydrogen (secondary N) is 3. The minimum atomic E-state index is -0.0566. The van der Waals surface area contributed by atoms with Crippen LogP contribution in [-0.4, -0.2) is 49.9 Å². The predicted molar refractivity (Wildman–Crippen MR) is 147 cm³/mol. The van der Waals surface area contributed by atoms with Gasteiger partial charge in [0.1, 0.15) is 5.84 Å². The van der Waals surface area contributed by atoms with Gasteiger partial charge in [0.05, 0.1) is 6.42 Å². The number of amidine groups is 1. The number of hydrazine groups is 1. The van der Waals surface area contributed by atoms with Gasteiger partial charge < -0.3 is 15.8 Å². The van der Waals surface area contributed by atoms with Crippen LogP contribution in [0.4, 0.5) is 0 Å². The molecule has 0 aliphatic heterocycles. The number of amides is 1. The monoisotopic (exact) mass is 488 g/mol. The number of benzene rings is 2. The first-order chi connectivity index (χ1) is 17.5. The average Bonchev–Trinajstić information content (AvgIpc) is 2.88. The van der Waals surface area contributed by atoms with E-state index < -0.39 is 0 Å². The van der Waals surface area contributed by atoms with Gasteiger partial charge in [-0.05, 0) is 36.5 Å². The van der Waals surface area contributed by atoms with Crippen LogP contribution >= 0.6 is 0 Å². The summed E-state index contributed by atoms with van der Waals surface area (Å²) >= 11 is 0. The van der Waals surface area contributed by atoms with Crippen LogP contribution in [0, 0.1) is 0 Å². The Kier molecular flexibility index (Phi) is 12.6. The molecule has 2 aromatic rings. The lowest BCUT2D eigenvalue weighted by atomic mass is 10.0. The van der Waals surface area contributed by atoms with Crippen LogP contribution in [0.25, 0.3) is 5.57 Å². The molecule has 0 saturated carbocycles. The first-order valence-corrected chi connectivity index (χ1v) is 12.0. The summed E-state index contributed by atoms with van der Waals surface area (Å²) in [5.74, 6) is 0.523. The fraction of sp³-hybridized carbons (Fsp3) is 0.276. The number of aliphatic imine (C=N–C) groups is 1. The van der Waals surface area contributed by atoms with Crippen molar-refractivity contribution in [2.75, 3.05) is 26.7 Å². The van der Waals surface area contributed by atoms with E-state index in [9.17, 15) is 9.59 Å². The first kappa shape index (κ1) is 28.4. The summed E-state index contributed by atoms with van der Waals surface area (Å²) in [6.07, 6.45) is 8.11. The molecule has 0 radical (unpaired) electrons. The number of aliphatic hydroxyl groups is 1. The highest BCUT2D eigenvalue weighted by Gasteiger charge is 2.08. The molecule has 2 aromatic carbocycles. The van der Waals surface area contributed by atoms with Gasteiger partial charge in [-0.1, -0.05) is 78.9 Å². The van der Waals surface area contributed by atoms with Gasteiger partial charge in [-0.3, -0.25) is 14.6 Å². The van der Waals surface area contributed by atoms with Gasteiger partial charge >= 0.3 is 0 Å². The third kappa shape index (κ3) is 9.44. The lowest BCUT2D eigenvalue weighted by Gasteiger charge is -2.11. The Morgan fingerprint density at radius 1 is 1.14 bits per heavy atom. The Morgan fingerprint density at radius 3 is 2.67 bits per heavy atom. The Balaban J connectivity index is 1.92. The standard InChI is InChI=1S/C29H36N4O3/c1-4-24(14-13-22(2)15-18-34)25-11-7-9-23(19-25)20-28(36)31-16-8-17-32-29(33-30-3)27-12-6-5-10-26(27)21-35/h4-7,9-14,19,21,30,34H,1,8,15-18,20H2,2-3H3,(H,31,36)(H,32,33)/b22-13+,24-14+. The zero-order chi connectivity index (χ0) is 26.2. The van der Waals surface area contributed by atoms with E-state index in [0.29, 0.717) is 37.3 Å². The fourth-order valence-electron chi connectivity index (χ4n) is 3.51. The molecular formula is C29H36N4O3. The molecule has 0 saturated heterocycles. The topological polar surface area (TPSA) is 103 Å². The van der Waals surface area contributed by atoms with Crippen molar-refractivity contribution in [3.8, 4) is 0 Å². The highest BCUT2D eigenvalue weighted by molar-refractivity contribution is 6.04. The Labute approximate surface area is 213 Å². The van der Waals surface area contributed by atoms with Gasteiger partial charge in [0.15, 0.2) is 6.29 Å². The first-order valence-electron chi connectivity index (χ1n) is 12.0. The number of hydrogen-bond donors (Lipinski definition) is 4. The summed E-state index contributed by atoms with van der Waals surface area (Å²) < 4.78 is 0. The number of aliphatic hydroxyl groups excluding tert-OH is 1. The second-order valence-corrected chi connectivity index (χ2v) is 8.20. The molecule has 0 aliphatic rings. The lowest BCUT2D eigenvalue weighted by Crippen LogP contribution is -2.36. The zero-order valence-corrected chi connectivity index (χ0v) is 21.1. The average molecular weight is 489 g/mol. The Bertz CT molecular complexity index is 1120. The van der Waals surface area contributed by atoms with Crippen molar-refractivity contribution in [1.82, 2.24) is 16.2 Å². The highest BCUT2D eigenvalue weighted by atomic mass is 16.3. The fourth-order valence-corrected chi connectivity index (χ4v) is 3.51. The van der Waals surface area contributed by atoms with E-state index in [1.54, 1.807) is 25.3 Å². The lowest BCUT2D eigenvalue weighted by molar-refractivity contribution is -0.120. The molecule has 4 N–H and O–H groups in total. The van der Waals surface area contributed by atoms with E-state index in [1.807, 2.05) is 55.5 Å². The van der Waals surface area contributed by atoms with Crippen molar-refractivity contribution < 1.29 is 14.7 Å². The second-order valence-electron chi connectivity index (χ2n) is 8.20. The second kappa shape index (κ2) is 16.0. The summed E-state index contributed by atoms with van der Waals surface area (Å²) in [6, 6.07) is 15.1. The van der Waals surface area contributed by atoms with Crippen LogP contribution in [0.15, 0.2) is 83.9 Å². The Hall–Kier alpha value is -3.81. The summed E-state index contributed by atoms with van der Waals surface area (Å²) in [7, 11) is 1.73. The van der Waals surface area contributed by atoms with E-state index in [2.05, 4.69) is 27.7 Å². The number of rotatable bonds is 14. The molecule has 0 atom stereocenters. The van der Waals surface area contributed by atoms with E-state index in [-0.39, 0.29) is 18.9 Å². The molecule has 1 amide bonds. The molecule has 0 unspecified atom stereocenters. The number of hydrogen-bond acceptors (Lipinski definition) is 5. The molecule has 7 heteroatoms. The van der Waals surface area contributed by atoms with Gasteiger partial charge in [-0.2, -0.15) is 0 Å². The number of allylic oxidation sites excluding steroid dienone is 4. The number of carbonyl (C=O) groups excluding carboxylic acids is 2. The van der Waals surface area contributed by atoms with Crippen LogP contribution in [0.2, 0.25) is 0 Å². The molecule has 2 rings (SSSR count). The Morgan fingerprint density at radius 2 is 1.94 bits per heavy atom. The number of carbonyl (C=O) groups is 2. The molecular weight excluding hydrogens is 452 g/mol. The van der Waals surface area contributed by atoms with E-state index in [1.165, 1.54) is 0 Å². The van der Waals surface area contributed by atoms with Gasteiger partial charge in [-0.25, -0.2) is 5.43 Å². The molecule has 0 spiro atoms. The predicted octanol–water partition coefficient (Wildman–Crippen LogP) is 3.62. The van der Waals surface area contributed by atoms with Crippen LogP contribution in [0.1, 0.15) is 46.8 Å². The molecule has 190 valence electrons. The van der Waals surface area contributed by atoms with Gasteiger partial charge in [0.25, 0.3) is 0 Å². The van der Waals surface area contributed by atoms with Crippen LogP contribution in [0.5, 0.6) is 0 Å². The molecule has 0 fully saturated rings. The highest BCUT2D eigenvalue weighted by Crippen LogP contribution is 2.18. The molecule has 0 heterocycles. The molecule has 0 aliphatic carbocycles. The van der Waals surface area contributed by atoms with Crippen LogP contribution < -0.4 is 16.2 Å². The van der Waals surface area contributed by atoms with Gasteiger partial charge in [0.2, 0.25) is 5.91 Å². The third-order valence-electron chi connectivity index (χ3n) is 5.41. The number of aldehydes is 1. The molecule has 0 bridgehead atoms. The summed E-state index contributed by atoms with van der Waals surface area (Å²) in [4.78, 5) is 28.4. The molecule has 7 nitrogen and oxygen atoms in total.